The summed E-state index contributed by atoms with van der Waals surface area (Å²) in [7, 11) is 1.50. The molecule has 0 saturated heterocycles. The van der Waals surface area contributed by atoms with Gasteiger partial charge in [0.15, 0.2) is 5.78 Å². The second-order valence-corrected chi connectivity index (χ2v) is 2.80. The molecule has 0 unspecified atom stereocenters. The first kappa shape index (κ1) is 10.6. The number of hydrogen-bond acceptors (Lipinski definition) is 5. The highest BCUT2D eigenvalue weighted by atomic mass is 16.5. The van der Waals surface area contributed by atoms with Gasteiger partial charge in [-0.05, 0) is 13.5 Å². The maximum atomic E-state index is 11.4. The quantitative estimate of drug-likeness (QED) is 0.700. The van der Waals surface area contributed by atoms with E-state index in [-0.39, 0.29) is 5.78 Å². The van der Waals surface area contributed by atoms with Crippen LogP contribution in [0.15, 0.2) is 6.07 Å². The fourth-order valence-corrected chi connectivity index (χ4v) is 1.05. The van der Waals surface area contributed by atoms with Gasteiger partial charge in [0, 0.05) is 12.5 Å². The van der Waals surface area contributed by atoms with Crippen LogP contribution < -0.4 is 10.5 Å². The van der Waals surface area contributed by atoms with E-state index in [1.54, 1.807) is 6.92 Å². The highest BCUT2D eigenvalue weighted by molar-refractivity contribution is 5.94. The molecule has 0 aliphatic carbocycles. The lowest BCUT2D eigenvalue weighted by Gasteiger charge is -2.03. The molecule has 0 radical (unpaired) electrons. The summed E-state index contributed by atoms with van der Waals surface area (Å²) >= 11 is 0. The molecule has 1 aromatic rings. The number of nitrogens with two attached hydrogens (primary N) is 1. The number of carbonyl (C=O) groups excluding carboxylic acids is 1. The Morgan fingerprint density at radius 3 is 2.86 bits per heavy atom. The molecule has 0 saturated carbocycles. The van der Waals surface area contributed by atoms with Crippen molar-refractivity contribution in [2.45, 2.75) is 13.3 Å². The molecular formula is C9H13N3O2. The molecule has 76 valence electrons. The third-order valence-corrected chi connectivity index (χ3v) is 1.68. The molecule has 0 fully saturated rings. The maximum absolute atomic E-state index is 11.4. The van der Waals surface area contributed by atoms with E-state index in [2.05, 4.69) is 9.97 Å². The van der Waals surface area contributed by atoms with Crippen molar-refractivity contribution in [3.63, 3.8) is 0 Å². The van der Waals surface area contributed by atoms with E-state index in [0.717, 1.165) is 0 Å². The largest absolute Gasteiger partial charge is 0.481 e. The molecule has 0 spiro atoms. The predicted molar refractivity (Wildman–Crippen MR) is 51.3 cm³/mol. The SMILES string of the molecule is COc1cc(C(=O)CCN)nc(C)n1. The van der Waals surface area contributed by atoms with Crippen LogP contribution in [0.2, 0.25) is 0 Å². The number of ether oxygens (including phenoxy) is 1. The summed E-state index contributed by atoms with van der Waals surface area (Å²) in [6, 6.07) is 1.52. The third kappa shape index (κ3) is 2.50. The van der Waals surface area contributed by atoms with Gasteiger partial charge in [-0.25, -0.2) is 4.98 Å². The first-order valence-electron chi connectivity index (χ1n) is 4.30. The Balaban J connectivity index is 2.96. The topological polar surface area (TPSA) is 78.1 Å². The summed E-state index contributed by atoms with van der Waals surface area (Å²) in [6.07, 6.45) is 0.291. The summed E-state index contributed by atoms with van der Waals surface area (Å²) in [5.41, 5.74) is 5.64. The average molecular weight is 195 g/mol. The molecule has 0 aliphatic heterocycles. The number of nitrogens with zero attached hydrogens (tertiary/aromatic N) is 2. The van der Waals surface area contributed by atoms with E-state index < -0.39 is 0 Å². The zero-order valence-electron chi connectivity index (χ0n) is 8.28. The molecule has 1 heterocycles. The Labute approximate surface area is 82.3 Å². The molecular weight excluding hydrogens is 182 g/mol. The monoisotopic (exact) mass is 195 g/mol. The number of methoxy groups -OCH3 is 1. The summed E-state index contributed by atoms with van der Waals surface area (Å²) in [4.78, 5) is 19.4. The molecule has 0 atom stereocenters. The molecule has 1 rings (SSSR count). The zero-order valence-corrected chi connectivity index (χ0v) is 8.28. The Morgan fingerprint density at radius 2 is 2.29 bits per heavy atom. The first-order valence-corrected chi connectivity index (χ1v) is 4.30. The first-order chi connectivity index (χ1) is 6.67. The van der Waals surface area contributed by atoms with E-state index in [0.29, 0.717) is 30.4 Å². The smallest absolute Gasteiger partial charge is 0.217 e. The van der Waals surface area contributed by atoms with E-state index >= 15 is 0 Å². The zero-order chi connectivity index (χ0) is 10.6. The molecule has 1 aromatic heterocycles. The maximum Gasteiger partial charge on any atom is 0.217 e. The van der Waals surface area contributed by atoms with Gasteiger partial charge in [0.25, 0.3) is 0 Å². The Morgan fingerprint density at radius 1 is 1.57 bits per heavy atom. The number of hydrogen-bond donors (Lipinski definition) is 1. The second-order valence-electron chi connectivity index (χ2n) is 2.80. The van der Waals surface area contributed by atoms with Crippen molar-refractivity contribution in [2.24, 2.45) is 5.73 Å². The van der Waals surface area contributed by atoms with Crippen LogP contribution in [-0.4, -0.2) is 29.4 Å². The van der Waals surface area contributed by atoms with Crippen molar-refractivity contribution in [1.29, 1.82) is 0 Å². The van der Waals surface area contributed by atoms with Crippen molar-refractivity contribution in [2.75, 3.05) is 13.7 Å². The minimum atomic E-state index is -0.0868. The van der Waals surface area contributed by atoms with Gasteiger partial charge >= 0.3 is 0 Å². The van der Waals surface area contributed by atoms with E-state index in [1.807, 2.05) is 0 Å². The van der Waals surface area contributed by atoms with Crippen LogP contribution in [0.1, 0.15) is 22.7 Å². The van der Waals surface area contributed by atoms with E-state index in [4.69, 9.17) is 10.5 Å². The Hall–Kier alpha value is -1.49. The van der Waals surface area contributed by atoms with Crippen LogP contribution in [0.5, 0.6) is 5.88 Å². The van der Waals surface area contributed by atoms with Crippen LogP contribution in [0, 0.1) is 6.92 Å². The molecule has 0 aromatic carbocycles. The number of aryl methyl sites for hydroxylation is 1. The minimum absolute atomic E-state index is 0.0868. The van der Waals surface area contributed by atoms with Gasteiger partial charge in [0.05, 0.1) is 7.11 Å². The van der Waals surface area contributed by atoms with Gasteiger partial charge in [-0.3, -0.25) is 4.79 Å². The van der Waals surface area contributed by atoms with Gasteiger partial charge < -0.3 is 10.5 Å². The Bertz CT molecular complexity index is 339. The highest BCUT2D eigenvalue weighted by Crippen LogP contribution is 2.09. The van der Waals surface area contributed by atoms with Crippen molar-refractivity contribution in [1.82, 2.24) is 9.97 Å². The van der Waals surface area contributed by atoms with Gasteiger partial charge in [-0.1, -0.05) is 0 Å². The van der Waals surface area contributed by atoms with E-state index in [1.165, 1.54) is 13.2 Å². The van der Waals surface area contributed by atoms with Crippen molar-refractivity contribution < 1.29 is 9.53 Å². The molecule has 0 bridgehead atoms. The predicted octanol–water partition coefficient (Wildman–Crippen LogP) is 0.325. The van der Waals surface area contributed by atoms with Gasteiger partial charge in [-0.15, -0.1) is 0 Å². The molecule has 0 aliphatic rings. The van der Waals surface area contributed by atoms with Gasteiger partial charge in [0.2, 0.25) is 5.88 Å². The normalized spacial score (nSPS) is 9.93. The number of ketones is 1. The molecule has 2 N–H and O–H groups in total. The van der Waals surface area contributed by atoms with Crippen molar-refractivity contribution in [3.05, 3.63) is 17.6 Å². The fourth-order valence-electron chi connectivity index (χ4n) is 1.05. The van der Waals surface area contributed by atoms with Gasteiger partial charge in [0.1, 0.15) is 11.5 Å². The van der Waals surface area contributed by atoms with Crippen molar-refractivity contribution in [3.8, 4) is 5.88 Å². The second kappa shape index (κ2) is 4.66. The van der Waals surface area contributed by atoms with Gasteiger partial charge in [-0.2, -0.15) is 4.98 Å². The fraction of sp³-hybridized carbons (Fsp3) is 0.444. The summed E-state index contributed by atoms with van der Waals surface area (Å²) < 4.78 is 4.93. The average Bonchev–Trinajstić information content (AvgIpc) is 2.17. The molecule has 5 heteroatoms. The summed E-state index contributed by atoms with van der Waals surface area (Å²) in [5, 5.41) is 0. The number of rotatable bonds is 4. The van der Waals surface area contributed by atoms with Crippen LogP contribution in [0.3, 0.4) is 0 Å². The summed E-state index contributed by atoms with van der Waals surface area (Å²) in [5.74, 6) is 0.832. The van der Waals surface area contributed by atoms with Crippen LogP contribution in [0.4, 0.5) is 0 Å². The lowest BCUT2D eigenvalue weighted by Crippen LogP contribution is -2.11. The third-order valence-electron chi connectivity index (χ3n) is 1.68. The van der Waals surface area contributed by atoms with E-state index in [9.17, 15) is 4.79 Å². The standard InChI is InChI=1S/C9H13N3O2/c1-6-11-7(8(13)3-4-10)5-9(12-6)14-2/h5H,3-4,10H2,1-2H3. The highest BCUT2D eigenvalue weighted by Gasteiger charge is 2.09. The lowest BCUT2D eigenvalue weighted by molar-refractivity contribution is 0.0979. The summed E-state index contributed by atoms with van der Waals surface area (Å²) in [6.45, 7) is 2.03. The number of carbonyl (C=O) groups is 1. The van der Waals surface area contributed by atoms with Crippen molar-refractivity contribution >= 4 is 5.78 Å². The van der Waals surface area contributed by atoms with Crippen LogP contribution in [-0.2, 0) is 0 Å². The molecule has 0 amide bonds. The minimum Gasteiger partial charge on any atom is -0.481 e. The molecule has 14 heavy (non-hydrogen) atoms. The number of Topliss-reactive ketones (excluding diaryl/α,β-unsaturated/α-hetero) is 1. The molecule has 5 nitrogen and oxygen atoms in total. The van der Waals surface area contributed by atoms with Crippen LogP contribution in [0.25, 0.3) is 0 Å². The lowest BCUT2D eigenvalue weighted by atomic mass is 10.2. The van der Waals surface area contributed by atoms with Crippen LogP contribution >= 0.6 is 0 Å². The Kier molecular flexibility index (Phi) is 3.53. The number of aromatic nitrogens is 2.